The summed E-state index contributed by atoms with van der Waals surface area (Å²) in [4.78, 5) is 29.1. The van der Waals surface area contributed by atoms with E-state index < -0.39 is 0 Å². The lowest BCUT2D eigenvalue weighted by atomic mass is 10.0. The van der Waals surface area contributed by atoms with Gasteiger partial charge in [-0.05, 0) is 43.9 Å². The molecule has 1 aliphatic rings. The van der Waals surface area contributed by atoms with Crippen LogP contribution in [-0.4, -0.2) is 72.8 Å². The number of carbonyl (C=O) groups is 2. The Morgan fingerprint density at radius 3 is 2.30 bits per heavy atom. The maximum absolute atomic E-state index is 13.1. The predicted molar refractivity (Wildman–Crippen MR) is 116 cm³/mol. The lowest BCUT2D eigenvalue weighted by molar-refractivity contribution is -0.137. The zero-order valence-electron chi connectivity index (χ0n) is 18.7. The molecule has 0 saturated heterocycles. The maximum atomic E-state index is 13.1. The minimum atomic E-state index is -0.337. The normalized spacial score (nSPS) is 14.5. The van der Waals surface area contributed by atoms with E-state index in [2.05, 4.69) is 13.8 Å². The molecule has 0 unspecified atom stereocenters. The largest absolute Gasteiger partial charge is 0.493 e. The van der Waals surface area contributed by atoms with Crippen LogP contribution in [0.5, 0.6) is 5.75 Å². The van der Waals surface area contributed by atoms with E-state index in [1.54, 1.807) is 24.1 Å². The quantitative estimate of drug-likeness (QED) is 0.415. The second-order valence-corrected chi connectivity index (χ2v) is 8.13. The topological polar surface area (TPSA) is 79.3 Å². The van der Waals surface area contributed by atoms with Crippen LogP contribution in [0.2, 0.25) is 0 Å². The molecule has 2 amide bonds. The highest BCUT2D eigenvalue weighted by molar-refractivity contribution is 6.35. The third-order valence-corrected chi connectivity index (χ3v) is 4.66. The van der Waals surface area contributed by atoms with Gasteiger partial charge in [-0.15, -0.1) is 0 Å². The molecule has 7 heteroatoms. The Morgan fingerprint density at radius 2 is 1.73 bits per heavy atom. The molecule has 0 radical (unpaired) electrons. The first kappa shape index (κ1) is 23.9. The smallest absolute Gasteiger partial charge is 0.277 e. The number of rotatable bonds is 12. The fourth-order valence-corrected chi connectivity index (χ4v) is 3.16. The van der Waals surface area contributed by atoms with Crippen molar-refractivity contribution in [2.24, 2.45) is 5.92 Å². The van der Waals surface area contributed by atoms with Crippen LogP contribution in [0.3, 0.4) is 0 Å². The van der Waals surface area contributed by atoms with Gasteiger partial charge in [-0.2, -0.15) is 0 Å². The van der Waals surface area contributed by atoms with Gasteiger partial charge >= 0.3 is 0 Å². The molecule has 30 heavy (non-hydrogen) atoms. The maximum Gasteiger partial charge on any atom is 0.277 e. The first-order valence-electron chi connectivity index (χ1n) is 10.5. The van der Waals surface area contributed by atoms with Crippen molar-refractivity contribution in [3.8, 4) is 5.75 Å². The van der Waals surface area contributed by atoms with E-state index >= 15 is 0 Å². The van der Waals surface area contributed by atoms with Crippen molar-refractivity contribution in [2.75, 3.05) is 40.0 Å². The first-order valence-corrected chi connectivity index (χ1v) is 10.5. The third kappa shape index (κ3) is 6.06. The number of likely N-dealkylation sites (N-methyl/N-ethyl adjacent to an activating group) is 1. The molecule has 2 rings (SSSR count). The number of ether oxygens (including phenoxy) is 2. The highest BCUT2D eigenvalue weighted by Crippen LogP contribution is 2.32. The van der Waals surface area contributed by atoms with Crippen molar-refractivity contribution in [1.29, 1.82) is 0 Å². The number of benzene rings is 1. The van der Waals surface area contributed by atoms with Crippen LogP contribution in [0, 0.1) is 5.92 Å². The molecule has 0 fully saturated rings. The van der Waals surface area contributed by atoms with Crippen LogP contribution in [0.1, 0.15) is 39.7 Å². The Hall–Kier alpha value is -2.38. The second-order valence-electron chi connectivity index (χ2n) is 8.13. The van der Waals surface area contributed by atoms with Crippen molar-refractivity contribution < 1.29 is 24.2 Å². The summed E-state index contributed by atoms with van der Waals surface area (Å²) in [5.41, 5.74) is 1.33. The summed E-state index contributed by atoms with van der Waals surface area (Å²) in [5.74, 6) is 0.474. The number of amides is 2. The summed E-state index contributed by atoms with van der Waals surface area (Å²) in [5, 5.41) is 9.33. The van der Waals surface area contributed by atoms with Crippen molar-refractivity contribution in [3.63, 3.8) is 0 Å². The average Bonchev–Trinajstić information content (AvgIpc) is 2.94. The molecule has 1 aromatic rings. The van der Waals surface area contributed by atoms with Gasteiger partial charge in [0.05, 0.1) is 24.9 Å². The Balaban J connectivity index is 2.25. The van der Waals surface area contributed by atoms with Crippen molar-refractivity contribution in [1.82, 2.24) is 9.80 Å². The van der Waals surface area contributed by atoms with Crippen LogP contribution in [0.15, 0.2) is 30.0 Å². The Morgan fingerprint density at radius 1 is 1.07 bits per heavy atom. The summed E-state index contributed by atoms with van der Waals surface area (Å²) < 4.78 is 11.2. The molecular formula is C23H34N2O5. The summed E-state index contributed by atoms with van der Waals surface area (Å²) in [6, 6.07) is 7.22. The lowest BCUT2D eigenvalue weighted by Crippen LogP contribution is -2.36. The Bertz CT molecular complexity index is 755. The van der Waals surface area contributed by atoms with E-state index in [4.69, 9.17) is 9.47 Å². The highest BCUT2D eigenvalue weighted by Gasteiger charge is 2.40. The number of carbonyl (C=O) groups excluding carboxylic acids is 2. The van der Waals surface area contributed by atoms with Gasteiger partial charge in [0.2, 0.25) is 0 Å². The van der Waals surface area contributed by atoms with E-state index in [0.29, 0.717) is 48.9 Å². The van der Waals surface area contributed by atoms with Crippen molar-refractivity contribution in [2.45, 2.75) is 40.2 Å². The van der Waals surface area contributed by atoms with E-state index in [0.717, 1.165) is 5.75 Å². The van der Waals surface area contributed by atoms with Crippen molar-refractivity contribution in [3.05, 3.63) is 35.5 Å². The summed E-state index contributed by atoms with van der Waals surface area (Å²) in [6.07, 6.45) is 0.674. The fraction of sp³-hybridized carbons (Fsp3) is 0.565. The van der Waals surface area contributed by atoms with Gasteiger partial charge in [0, 0.05) is 26.7 Å². The fourth-order valence-electron chi connectivity index (χ4n) is 3.16. The Labute approximate surface area is 179 Å². The van der Waals surface area contributed by atoms with Gasteiger partial charge in [0.15, 0.2) is 0 Å². The average molecular weight is 419 g/mol. The molecule has 0 aliphatic carbocycles. The zero-order chi connectivity index (χ0) is 22.3. The number of nitrogens with zero attached hydrogens (tertiary/aromatic N) is 2. The van der Waals surface area contributed by atoms with Gasteiger partial charge in [0.1, 0.15) is 11.4 Å². The number of aliphatic hydroxyl groups is 1. The highest BCUT2D eigenvalue weighted by atomic mass is 16.5. The van der Waals surface area contributed by atoms with Gasteiger partial charge < -0.3 is 19.5 Å². The van der Waals surface area contributed by atoms with E-state index in [1.807, 2.05) is 26.0 Å². The van der Waals surface area contributed by atoms with Crippen LogP contribution in [-0.2, 0) is 14.3 Å². The molecule has 0 atom stereocenters. The lowest BCUT2D eigenvalue weighted by Gasteiger charge is -2.20. The molecule has 1 heterocycles. The zero-order valence-corrected chi connectivity index (χ0v) is 18.7. The van der Waals surface area contributed by atoms with Gasteiger partial charge in [-0.1, -0.05) is 26.0 Å². The number of hydrogen-bond donors (Lipinski definition) is 1. The molecule has 0 aromatic heterocycles. The molecular weight excluding hydrogens is 384 g/mol. The van der Waals surface area contributed by atoms with E-state index in [1.165, 1.54) is 4.90 Å². The minimum absolute atomic E-state index is 0.103. The molecule has 0 bridgehead atoms. The molecule has 7 nitrogen and oxygen atoms in total. The molecule has 1 aromatic carbocycles. The number of aliphatic hydroxyl groups excluding tert-OH is 1. The molecule has 0 spiro atoms. The van der Waals surface area contributed by atoms with E-state index in [-0.39, 0.29) is 31.1 Å². The van der Waals surface area contributed by atoms with Crippen LogP contribution >= 0.6 is 0 Å². The molecule has 0 saturated carbocycles. The summed E-state index contributed by atoms with van der Waals surface area (Å²) in [7, 11) is 1.71. The predicted octanol–water partition coefficient (Wildman–Crippen LogP) is 2.54. The second kappa shape index (κ2) is 11.1. The number of hydrogen-bond acceptors (Lipinski definition) is 6. The molecule has 1 N–H and O–H groups in total. The van der Waals surface area contributed by atoms with E-state index in [9.17, 15) is 14.7 Å². The van der Waals surface area contributed by atoms with Crippen molar-refractivity contribution >= 4 is 17.4 Å². The Kier molecular flexibility index (Phi) is 8.87. The number of imide groups is 1. The van der Waals surface area contributed by atoms with Gasteiger partial charge in [-0.3, -0.25) is 14.5 Å². The third-order valence-electron chi connectivity index (χ3n) is 4.66. The van der Waals surface area contributed by atoms with Crippen LogP contribution in [0.4, 0.5) is 0 Å². The molecule has 166 valence electrons. The minimum Gasteiger partial charge on any atom is -0.493 e. The standard InChI is InChI=1S/C23H34N2O5/c1-16(2)15-30-19-9-7-18(8-10-19)20-21(24(5)12-13-26)23(28)25(22(20)27)11-6-14-29-17(3)4/h7-10,16-17,26H,6,11-15H2,1-5H3. The first-order chi connectivity index (χ1) is 14.3. The monoisotopic (exact) mass is 418 g/mol. The van der Waals surface area contributed by atoms with Crippen LogP contribution < -0.4 is 4.74 Å². The van der Waals surface area contributed by atoms with Gasteiger partial charge in [0.25, 0.3) is 11.8 Å². The van der Waals surface area contributed by atoms with Gasteiger partial charge in [-0.25, -0.2) is 0 Å². The summed E-state index contributed by atoms with van der Waals surface area (Å²) >= 11 is 0. The molecule has 1 aliphatic heterocycles. The SMILES string of the molecule is CC(C)COc1ccc(C2=C(N(C)CCO)C(=O)N(CCCOC(C)C)C2=O)cc1. The van der Waals surface area contributed by atoms with Crippen LogP contribution in [0.25, 0.3) is 5.57 Å². The summed E-state index contributed by atoms with van der Waals surface area (Å²) in [6.45, 7) is 9.57.